The number of hydrogen-bond donors (Lipinski definition) is 1. The van der Waals surface area contributed by atoms with Crippen molar-refractivity contribution in [1.82, 2.24) is 19.7 Å². The maximum Gasteiger partial charge on any atom is 0.439 e. The Hall–Kier alpha value is -2.63. The highest BCUT2D eigenvalue weighted by atomic mass is 16.5. The monoisotopic (exact) mass is 242 g/mol. The van der Waals surface area contributed by atoms with Gasteiger partial charge >= 0.3 is 5.76 Å². The largest absolute Gasteiger partial charge is 0.439 e. The molecule has 0 amide bonds. The summed E-state index contributed by atoms with van der Waals surface area (Å²) in [6.45, 7) is 0. The van der Waals surface area contributed by atoms with Crippen molar-refractivity contribution in [3.8, 4) is 22.9 Å². The van der Waals surface area contributed by atoms with Crippen LogP contribution in [-0.4, -0.2) is 19.7 Å². The van der Waals surface area contributed by atoms with Gasteiger partial charge in [0.25, 0.3) is 0 Å². The number of aromatic nitrogens is 4. The maximum absolute atomic E-state index is 10.9. The summed E-state index contributed by atoms with van der Waals surface area (Å²) < 4.78 is 6.32. The minimum atomic E-state index is -0.589. The average Bonchev–Trinajstić information content (AvgIpc) is 2.97. The SMILES string of the molecule is Cn1c(-c2ccccc2)cnc1-c1noc(=O)[nH]1. The van der Waals surface area contributed by atoms with Gasteiger partial charge in [-0.05, 0) is 5.56 Å². The molecule has 0 radical (unpaired) electrons. The molecule has 0 bridgehead atoms. The summed E-state index contributed by atoms with van der Waals surface area (Å²) in [5.41, 5.74) is 1.99. The summed E-state index contributed by atoms with van der Waals surface area (Å²) in [6.07, 6.45) is 1.73. The number of hydrogen-bond acceptors (Lipinski definition) is 4. The first-order valence-electron chi connectivity index (χ1n) is 5.39. The summed E-state index contributed by atoms with van der Waals surface area (Å²) >= 11 is 0. The van der Waals surface area contributed by atoms with Crippen LogP contribution in [0.15, 0.2) is 45.8 Å². The third-order valence-electron chi connectivity index (χ3n) is 2.71. The van der Waals surface area contributed by atoms with Crippen molar-refractivity contribution in [1.29, 1.82) is 0 Å². The Balaban J connectivity index is 2.11. The molecular weight excluding hydrogens is 232 g/mol. The second-order valence-electron chi connectivity index (χ2n) is 3.84. The van der Waals surface area contributed by atoms with Crippen LogP contribution in [0.2, 0.25) is 0 Å². The zero-order valence-electron chi connectivity index (χ0n) is 9.62. The lowest BCUT2D eigenvalue weighted by atomic mass is 10.2. The van der Waals surface area contributed by atoms with Gasteiger partial charge in [-0.2, -0.15) is 0 Å². The van der Waals surface area contributed by atoms with Crippen LogP contribution in [0.4, 0.5) is 0 Å². The van der Waals surface area contributed by atoms with E-state index in [-0.39, 0.29) is 0 Å². The van der Waals surface area contributed by atoms with E-state index in [1.807, 2.05) is 41.9 Å². The summed E-state index contributed by atoms with van der Waals surface area (Å²) in [5.74, 6) is 0.290. The van der Waals surface area contributed by atoms with Crippen molar-refractivity contribution < 1.29 is 4.52 Å². The Kier molecular flexibility index (Phi) is 2.33. The van der Waals surface area contributed by atoms with Crippen LogP contribution in [0.25, 0.3) is 22.9 Å². The van der Waals surface area contributed by atoms with Crippen molar-refractivity contribution in [2.45, 2.75) is 0 Å². The van der Waals surface area contributed by atoms with Crippen LogP contribution in [0.5, 0.6) is 0 Å². The van der Waals surface area contributed by atoms with E-state index in [4.69, 9.17) is 0 Å². The van der Waals surface area contributed by atoms with E-state index >= 15 is 0 Å². The number of nitrogens with zero attached hydrogens (tertiary/aromatic N) is 3. The maximum atomic E-state index is 10.9. The first kappa shape index (κ1) is 10.5. The highest BCUT2D eigenvalue weighted by Crippen LogP contribution is 2.22. The molecule has 0 saturated heterocycles. The molecule has 6 nitrogen and oxygen atoms in total. The van der Waals surface area contributed by atoms with Gasteiger partial charge in [0.15, 0.2) is 5.82 Å². The van der Waals surface area contributed by atoms with Crippen LogP contribution in [0.3, 0.4) is 0 Å². The quantitative estimate of drug-likeness (QED) is 0.737. The molecule has 0 aliphatic rings. The van der Waals surface area contributed by atoms with Crippen molar-refractivity contribution in [2.75, 3.05) is 0 Å². The van der Waals surface area contributed by atoms with Gasteiger partial charge in [0.1, 0.15) is 0 Å². The van der Waals surface area contributed by atoms with Gasteiger partial charge in [0.05, 0.1) is 11.9 Å². The molecule has 0 aliphatic heterocycles. The molecule has 1 N–H and O–H groups in total. The predicted octanol–water partition coefficient (Wildman–Crippen LogP) is 1.43. The molecule has 0 spiro atoms. The summed E-state index contributed by atoms with van der Waals surface area (Å²) in [5, 5.41) is 3.63. The normalized spacial score (nSPS) is 10.7. The Morgan fingerprint density at radius 2 is 2.06 bits per heavy atom. The van der Waals surface area contributed by atoms with E-state index < -0.39 is 5.76 Å². The minimum absolute atomic E-state index is 0.324. The second kappa shape index (κ2) is 3.99. The van der Waals surface area contributed by atoms with Crippen molar-refractivity contribution >= 4 is 0 Å². The fourth-order valence-corrected chi connectivity index (χ4v) is 1.83. The zero-order chi connectivity index (χ0) is 12.5. The highest BCUT2D eigenvalue weighted by molar-refractivity contribution is 5.62. The number of imidazole rings is 1. The van der Waals surface area contributed by atoms with Crippen LogP contribution in [0.1, 0.15) is 0 Å². The molecule has 0 atom stereocenters. The Morgan fingerprint density at radius 3 is 2.72 bits per heavy atom. The number of nitrogens with one attached hydrogen (secondary N) is 1. The number of rotatable bonds is 2. The lowest BCUT2D eigenvalue weighted by molar-refractivity contribution is 0.387. The van der Waals surface area contributed by atoms with E-state index in [2.05, 4.69) is 19.6 Å². The van der Waals surface area contributed by atoms with E-state index in [0.29, 0.717) is 11.6 Å². The fraction of sp³-hybridized carbons (Fsp3) is 0.0833. The third-order valence-corrected chi connectivity index (χ3v) is 2.71. The molecule has 3 rings (SSSR count). The fourth-order valence-electron chi connectivity index (χ4n) is 1.83. The lowest BCUT2D eigenvalue weighted by Crippen LogP contribution is -1.99. The molecule has 0 fully saturated rings. The smallest absolute Gasteiger partial charge is 0.324 e. The van der Waals surface area contributed by atoms with Gasteiger partial charge < -0.3 is 4.57 Å². The van der Waals surface area contributed by atoms with Gasteiger partial charge in [-0.25, -0.2) is 9.78 Å². The number of H-pyrrole nitrogens is 1. The van der Waals surface area contributed by atoms with Crippen LogP contribution < -0.4 is 5.76 Å². The van der Waals surface area contributed by atoms with E-state index in [1.54, 1.807) is 6.20 Å². The van der Waals surface area contributed by atoms with Crippen molar-refractivity contribution in [3.63, 3.8) is 0 Å². The van der Waals surface area contributed by atoms with Crippen molar-refractivity contribution in [3.05, 3.63) is 47.1 Å². The molecule has 0 aliphatic carbocycles. The standard InChI is InChI=1S/C12H10N4O2/c1-16-9(8-5-3-2-4-6-8)7-13-11(16)10-14-12(17)18-15-10/h2-7H,1H3,(H,14,15,17). The van der Waals surface area contributed by atoms with Gasteiger partial charge in [-0.15, -0.1) is 0 Å². The van der Waals surface area contributed by atoms with Crippen molar-refractivity contribution in [2.24, 2.45) is 7.05 Å². The summed E-state index contributed by atoms with van der Waals surface area (Å²) in [7, 11) is 1.86. The predicted molar refractivity (Wildman–Crippen MR) is 64.8 cm³/mol. The minimum Gasteiger partial charge on any atom is -0.324 e. The first-order valence-corrected chi connectivity index (χ1v) is 5.39. The highest BCUT2D eigenvalue weighted by Gasteiger charge is 2.13. The first-order chi connectivity index (χ1) is 8.75. The molecule has 18 heavy (non-hydrogen) atoms. The number of benzene rings is 1. The molecule has 3 aromatic rings. The Morgan fingerprint density at radius 1 is 1.28 bits per heavy atom. The Labute approximate surface area is 102 Å². The molecule has 1 aromatic carbocycles. The van der Waals surface area contributed by atoms with E-state index in [9.17, 15) is 4.79 Å². The average molecular weight is 242 g/mol. The Bertz CT molecular complexity index is 724. The number of aromatic amines is 1. The molecule has 90 valence electrons. The van der Waals surface area contributed by atoms with E-state index in [0.717, 1.165) is 11.3 Å². The van der Waals surface area contributed by atoms with Crippen LogP contribution in [-0.2, 0) is 7.05 Å². The van der Waals surface area contributed by atoms with E-state index in [1.165, 1.54) is 0 Å². The van der Waals surface area contributed by atoms with Gasteiger partial charge in [0, 0.05) is 7.05 Å². The molecule has 2 aromatic heterocycles. The van der Waals surface area contributed by atoms with Crippen LogP contribution >= 0.6 is 0 Å². The summed E-state index contributed by atoms with van der Waals surface area (Å²) in [4.78, 5) is 17.7. The summed E-state index contributed by atoms with van der Waals surface area (Å²) in [6, 6.07) is 9.86. The third kappa shape index (κ3) is 1.64. The van der Waals surface area contributed by atoms with Gasteiger partial charge in [0.2, 0.25) is 5.82 Å². The molecule has 2 heterocycles. The van der Waals surface area contributed by atoms with Gasteiger partial charge in [-0.1, -0.05) is 35.5 Å². The molecule has 6 heteroatoms. The second-order valence-corrected chi connectivity index (χ2v) is 3.84. The molecular formula is C12H10N4O2. The van der Waals surface area contributed by atoms with Crippen LogP contribution in [0, 0.1) is 0 Å². The molecule has 0 unspecified atom stereocenters. The zero-order valence-corrected chi connectivity index (χ0v) is 9.62. The molecule has 0 saturated carbocycles. The topological polar surface area (TPSA) is 76.7 Å². The lowest BCUT2D eigenvalue weighted by Gasteiger charge is -2.03. The van der Waals surface area contributed by atoms with Gasteiger partial charge in [-0.3, -0.25) is 9.51 Å².